The van der Waals surface area contributed by atoms with Gasteiger partial charge in [-0.05, 0) is 18.1 Å². The lowest BCUT2D eigenvalue weighted by Gasteiger charge is -2.14. The minimum Gasteiger partial charge on any atom is -0.480 e. The molecule has 0 heterocycles. The average molecular weight is 280 g/mol. The van der Waals surface area contributed by atoms with Gasteiger partial charge in [0.15, 0.2) is 0 Å². The summed E-state index contributed by atoms with van der Waals surface area (Å²) in [6, 6.07) is 5.35. The summed E-state index contributed by atoms with van der Waals surface area (Å²) in [4.78, 5) is 32.7. The Kier molecular flexibility index (Phi) is 5.67. The van der Waals surface area contributed by atoms with E-state index in [9.17, 15) is 14.4 Å². The number of carboxylic acid groups (broad SMARTS) is 2. The average Bonchev–Trinajstić information content (AvgIpc) is 2.38. The number of hydrogen-bond donors (Lipinski definition) is 4. The number of carboxylic acids is 2. The second kappa shape index (κ2) is 7.25. The minimum absolute atomic E-state index is 0.0510. The Hall–Kier alpha value is -2.41. The Balaban J connectivity index is 2.70. The summed E-state index contributed by atoms with van der Waals surface area (Å²) in [6.07, 6.45) is 0.00441. The number of carbonyl (C=O) groups excluding carboxylic acids is 1. The van der Waals surface area contributed by atoms with E-state index in [4.69, 9.17) is 15.9 Å². The molecule has 0 saturated heterocycles. The monoisotopic (exact) mass is 280 g/mol. The number of primary amides is 1. The highest BCUT2D eigenvalue weighted by Gasteiger charge is 2.18. The second-order valence-corrected chi connectivity index (χ2v) is 4.24. The SMILES string of the molecule is NC(=O)CC[C@H](NCc1ccccc1C(=O)O)C(=O)O. The lowest BCUT2D eigenvalue weighted by molar-refractivity contribution is -0.139. The molecule has 0 saturated carbocycles. The highest BCUT2D eigenvalue weighted by Crippen LogP contribution is 2.09. The van der Waals surface area contributed by atoms with Crippen LogP contribution in [0.5, 0.6) is 0 Å². The van der Waals surface area contributed by atoms with Crippen LogP contribution < -0.4 is 11.1 Å². The molecule has 1 amide bonds. The summed E-state index contributed by atoms with van der Waals surface area (Å²) >= 11 is 0. The number of carbonyl (C=O) groups is 3. The van der Waals surface area contributed by atoms with Gasteiger partial charge in [0, 0.05) is 13.0 Å². The fraction of sp³-hybridized carbons (Fsp3) is 0.308. The lowest BCUT2D eigenvalue weighted by Crippen LogP contribution is -2.37. The number of benzene rings is 1. The number of amides is 1. The molecule has 0 spiro atoms. The summed E-state index contributed by atoms with van der Waals surface area (Å²) in [5, 5.41) is 20.7. The first-order valence-corrected chi connectivity index (χ1v) is 5.97. The third-order valence-corrected chi connectivity index (χ3v) is 2.76. The number of aromatic carboxylic acids is 1. The van der Waals surface area contributed by atoms with Gasteiger partial charge < -0.3 is 21.3 Å². The van der Waals surface area contributed by atoms with Crippen LogP contribution >= 0.6 is 0 Å². The number of aliphatic carboxylic acids is 1. The van der Waals surface area contributed by atoms with Gasteiger partial charge in [0.05, 0.1) is 5.56 Å². The first-order valence-electron chi connectivity index (χ1n) is 5.97. The summed E-state index contributed by atoms with van der Waals surface area (Å²) in [6.45, 7) is 0.0815. The van der Waals surface area contributed by atoms with Gasteiger partial charge in [-0.1, -0.05) is 18.2 Å². The van der Waals surface area contributed by atoms with Crippen molar-refractivity contribution in [2.45, 2.75) is 25.4 Å². The van der Waals surface area contributed by atoms with Gasteiger partial charge in [-0.2, -0.15) is 0 Å². The van der Waals surface area contributed by atoms with Crippen LogP contribution in [0.25, 0.3) is 0 Å². The molecule has 7 nitrogen and oxygen atoms in total. The van der Waals surface area contributed by atoms with Gasteiger partial charge in [0.25, 0.3) is 0 Å². The first-order chi connectivity index (χ1) is 9.41. The molecule has 7 heteroatoms. The Bertz CT molecular complexity index is 515. The molecule has 1 rings (SSSR count). The third kappa shape index (κ3) is 4.69. The maximum Gasteiger partial charge on any atom is 0.336 e. The van der Waals surface area contributed by atoms with Crippen LogP contribution in [-0.4, -0.2) is 34.1 Å². The van der Waals surface area contributed by atoms with Gasteiger partial charge in [-0.3, -0.25) is 9.59 Å². The molecule has 5 N–H and O–H groups in total. The first kappa shape index (κ1) is 15.6. The molecule has 20 heavy (non-hydrogen) atoms. The smallest absolute Gasteiger partial charge is 0.336 e. The molecular weight excluding hydrogens is 264 g/mol. The van der Waals surface area contributed by atoms with Crippen LogP contribution in [0.1, 0.15) is 28.8 Å². The Morgan fingerprint density at radius 3 is 2.40 bits per heavy atom. The molecule has 1 aromatic carbocycles. The Morgan fingerprint density at radius 2 is 1.85 bits per heavy atom. The number of rotatable bonds is 8. The highest BCUT2D eigenvalue weighted by molar-refractivity contribution is 5.89. The summed E-state index contributed by atoms with van der Waals surface area (Å²) in [5.41, 5.74) is 5.56. The zero-order valence-corrected chi connectivity index (χ0v) is 10.7. The van der Waals surface area contributed by atoms with Gasteiger partial charge in [0.1, 0.15) is 6.04 Å². The van der Waals surface area contributed by atoms with E-state index < -0.39 is 23.9 Å². The van der Waals surface area contributed by atoms with E-state index >= 15 is 0 Å². The van der Waals surface area contributed by atoms with Crippen molar-refractivity contribution < 1.29 is 24.6 Å². The van der Waals surface area contributed by atoms with Crippen LogP contribution in [0, 0.1) is 0 Å². The van der Waals surface area contributed by atoms with Crippen molar-refractivity contribution >= 4 is 17.8 Å². The number of hydrogen-bond acceptors (Lipinski definition) is 4. The minimum atomic E-state index is -1.11. The summed E-state index contributed by atoms with van der Waals surface area (Å²) < 4.78 is 0. The molecule has 0 aliphatic heterocycles. The van der Waals surface area contributed by atoms with Crippen LogP contribution in [0.3, 0.4) is 0 Å². The van der Waals surface area contributed by atoms with E-state index in [1.165, 1.54) is 6.07 Å². The topological polar surface area (TPSA) is 130 Å². The molecule has 0 fully saturated rings. The highest BCUT2D eigenvalue weighted by atomic mass is 16.4. The maximum atomic E-state index is 11.0. The van der Waals surface area contributed by atoms with E-state index in [0.29, 0.717) is 5.56 Å². The second-order valence-electron chi connectivity index (χ2n) is 4.24. The predicted octanol–water partition coefficient (Wildman–Crippen LogP) is 0.193. The molecule has 0 aliphatic rings. The van der Waals surface area contributed by atoms with Crippen LogP contribution in [0.2, 0.25) is 0 Å². The molecule has 0 bridgehead atoms. The molecular formula is C13H16N2O5. The van der Waals surface area contributed by atoms with Crippen molar-refractivity contribution in [3.63, 3.8) is 0 Å². The van der Waals surface area contributed by atoms with E-state index in [2.05, 4.69) is 5.32 Å². The van der Waals surface area contributed by atoms with E-state index in [1.807, 2.05) is 0 Å². The van der Waals surface area contributed by atoms with Crippen LogP contribution in [0.4, 0.5) is 0 Å². The normalized spacial score (nSPS) is 11.8. The van der Waals surface area contributed by atoms with Gasteiger partial charge in [0.2, 0.25) is 5.91 Å². The van der Waals surface area contributed by atoms with Crippen molar-refractivity contribution in [3.05, 3.63) is 35.4 Å². The maximum absolute atomic E-state index is 11.0. The third-order valence-electron chi connectivity index (χ3n) is 2.76. The number of nitrogens with one attached hydrogen (secondary N) is 1. The van der Waals surface area contributed by atoms with Gasteiger partial charge >= 0.3 is 11.9 Å². The summed E-state index contributed by atoms with van der Waals surface area (Å²) in [5.74, 6) is -2.77. The van der Waals surface area contributed by atoms with Crippen molar-refractivity contribution in [2.75, 3.05) is 0 Å². The van der Waals surface area contributed by atoms with Crippen molar-refractivity contribution in [1.29, 1.82) is 0 Å². The van der Waals surface area contributed by atoms with Gasteiger partial charge in [-0.15, -0.1) is 0 Å². The molecule has 0 aromatic heterocycles. The largest absolute Gasteiger partial charge is 0.480 e. The molecule has 108 valence electrons. The lowest BCUT2D eigenvalue weighted by atomic mass is 10.1. The van der Waals surface area contributed by atoms with Crippen LogP contribution in [-0.2, 0) is 16.1 Å². The fourth-order valence-corrected chi connectivity index (χ4v) is 1.72. The Morgan fingerprint density at radius 1 is 1.20 bits per heavy atom. The zero-order chi connectivity index (χ0) is 15.1. The molecule has 1 atom stereocenters. The van der Waals surface area contributed by atoms with E-state index in [1.54, 1.807) is 18.2 Å². The molecule has 1 aromatic rings. The standard InChI is InChI=1S/C13H16N2O5/c14-11(16)6-5-10(13(19)20)15-7-8-3-1-2-4-9(8)12(17)18/h1-4,10,15H,5-7H2,(H2,14,16)(H,17,18)(H,19,20)/t10-/m0/s1. The number of nitrogens with two attached hydrogens (primary N) is 1. The molecule has 0 aliphatic carbocycles. The quantitative estimate of drug-likeness (QED) is 0.538. The molecule has 0 radical (unpaired) electrons. The molecule has 0 unspecified atom stereocenters. The van der Waals surface area contributed by atoms with E-state index in [0.717, 1.165) is 0 Å². The zero-order valence-electron chi connectivity index (χ0n) is 10.7. The van der Waals surface area contributed by atoms with Crippen LogP contribution in [0.15, 0.2) is 24.3 Å². The van der Waals surface area contributed by atoms with Gasteiger partial charge in [-0.25, -0.2) is 4.79 Å². The Labute approximate surface area is 115 Å². The summed E-state index contributed by atoms with van der Waals surface area (Å²) in [7, 11) is 0. The van der Waals surface area contributed by atoms with Crippen molar-refractivity contribution in [2.24, 2.45) is 5.73 Å². The van der Waals surface area contributed by atoms with Crippen molar-refractivity contribution in [1.82, 2.24) is 5.32 Å². The van der Waals surface area contributed by atoms with Crippen molar-refractivity contribution in [3.8, 4) is 0 Å². The fourth-order valence-electron chi connectivity index (χ4n) is 1.72. The predicted molar refractivity (Wildman–Crippen MR) is 70.1 cm³/mol. The van der Waals surface area contributed by atoms with E-state index in [-0.39, 0.29) is 24.9 Å².